The fourth-order valence-electron chi connectivity index (χ4n) is 2.86. The predicted octanol–water partition coefficient (Wildman–Crippen LogP) is 2.91. The van der Waals surface area contributed by atoms with Crippen molar-refractivity contribution in [1.82, 2.24) is 4.90 Å². The van der Waals surface area contributed by atoms with Crippen LogP contribution in [-0.2, 0) is 14.3 Å². The van der Waals surface area contributed by atoms with Crippen LogP contribution in [-0.4, -0.2) is 47.4 Å². The van der Waals surface area contributed by atoms with Crippen LogP contribution in [0.1, 0.15) is 53.9 Å². The van der Waals surface area contributed by atoms with Crippen molar-refractivity contribution in [3.63, 3.8) is 0 Å². The molecule has 2 unspecified atom stereocenters. The number of ether oxygens (including phenoxy) is 1. The number of halogens is 1. The van der Waals surface area contributed by atoms with E-state index < -0.39 is 35.6 Å². The smallest absolute Gasteiger partial charge is 0.410 e. The van der Waals surface area contributed by atoms with Crippen LogP contribution in [0.15, 0.2) is 0 Å². The number of rotatable bonds is 4. The molecule has 1 rings (SSSR count). The van der Waals surface area contributed by atoms with Crippen molar-refractivity contribution in [3.05, 3.63) is 0 Å². The molecule has 1 saturated heterocycles. The first-order valence-electron chi connectivity index (χ1n) is 7.62. The first-order chi connectivity index (χ1) is 10.0. The molecule has 5 nitrogen and oxygen atoms in total. The van der Waals surface area contributed by atoms with E-state index in [-0.39, 0.29) is 12.2 Å². The van der Waals surface area contributed by atoms with Gasteiger partial charge in [0.15, 0.2) is 5.78 Å². The number of nitrogens with zero attached hydrogens (tertiary/aromatic N) is 1. The lowest BCUT2D eigenvalue weighted by Gasteiger charge is -2.46. The molecule has 0 aromatic heterocycles. The number of carbonyl (C=O) groups excluding carboxylic acids is 3. The Hall–Kier alpha value is -1.46. The van der Waals surface area contributed by atoms with Crippen LogP contribution < -0.4 is 0 Å². The number of likely N-dealkylation sites (tertiary alicyclic amines) is 1. The van der Waals surface area contributed by atoms with Crippen LogP contribution in [0.5, 0.6) is 0 Å². The van der Waals surface area contributed by atoms with Gasteiger partial charge in [-0.1, -0.05) is 0 Å². The summed E-state index contributed by atoms with van der Waals surface area (Å²) in [6.45, 7) is 7.77. The number of carbonyl (C=O) groups is 3. The summed E-state index contributed by atoms with van der Waals surface area (Å²) >= 11 is 0. The molecule has 0 aromatic carbocycles. The van der Waals surface area contributed by atoms with Crippen LogP contribution in [0.4, 0.5) is 9.18 Å². The van der Waals surface area contributed by atoms with Gasteiger partial charge in [-0.2, -0.15) is 0 Å². The zero-order valence-corrected chi connectivity index (χ0v) is 14.1. The van der Waals surface area contributed by atoms with Gasteiger partial charge in [0, 0.05) is 12.6 Å². The Kier molecular flexibility index (Phi) is 5.70. The minimum absolute atomic E-state index is 0.292. The van der Waals surface area contributed by atoms with Crippen molar-refractivity contribution in [2.45, 2.75) is 65.5 Å². The van der Waals surface area contributed by atoms with Crippen molar-refractivity contribution in [3.8, 4) is 0 Å². The highest BCUT2D eigenvalue weighted by Gasteiger charge is 2.50. The Bertz CT molecular complexity index is 458. The first-order valence-corrected chi connectivity index (χ1v) is 7.62. The average molecular weight is 315 g/mol. The SMILES string of the molecule is CC(=O)CC(=O)C1(CF)CCCN(C(=O)OC(C)(C)C)C1C. The van der Waals surface area contributed by atoms with Crippen molar-refractivity contribution in [2.75, 3.05) is 13.2 Å². The van der Waals surface area contributed by atoms with E-state index in [0.717, 1.165) is 0 Å². The summed E-state index contributed by atoms with van der Waals surface area (Å²) in [6.07, 6.45) is 0.0112. The summed E-state index contributed by atoms with van der Waals surface area (Å²) in [5.41, 5.74) is -1.96. The summed E-state index contributed by atoms with van der Waals surface area (Å²) in [6, 6.07) is -0.632. The Morgan fingerprint density at radius 1 is 1.32 bits per heavy atom. The highest BCUT2D eigenvalue weighted by molar-refractivity contribution is 6.01. The lowest BCUT2D eigenvalue weighted by molar-refractivity contribution is -0.139. The molecule has 0 radical (unpaired) electrons. The molecule has 2 atom stereocenters. The summed E-state index contributed by atoms with van der Waals surface area (Å²) in [4.78, 5) is 37.3. The number of Topliss-reactive ketones (excluding diaryl/α,β-unsaturated/α-hetero) is 2. The maximum atomic E-state index is 13.7. The van der Waals surface area contributed by atoms with Gasteiger partial charge < -0.3 is 9.64 Å². The molecule has 1 aliphatic heterocycles. The van der Waals surface area contributed by atoms with Gasteiger partial charge in [0.25, 0.3) is 0 Å². The normalized spacial score (nSPS) is 25.7. The van der Waals surface area contributed by atoms with E-state index in [0.29, 0.717) is 19.4 Å². The molecule has 0 aliphatic carbocycles. The molecule has 0 bridgehead atoms. The first kappa shape index (κ1) is 18.6. The van der Waals surface area contributed by atoms with E-state index in [1.54, 1.807) is 27.7 Å². The van der Waals surface area contributed by atoms with Gasteiger partial charge in [-0.15, -0.1) is 0 Å². The maximum absolute atomic E-state index is 13.7. The second-order valence-corrected chi connectivity index (χ2v) is 7.05. The van der Waals surface area contributed by atoms with E-state index in [2.05, 4.69) is 0 Å². The van der Waals surface area contributed by atoms with Gasteiger partial charge >= 0.3 is 6.09 Å². The van der Waals surface area contributed by atoms with Crippen molar-refractivity contribution < 1.29 is 23.5 Å². The number of piperidine rings is 1. The summed E-state index contributed by atoms with van der Waals surface area (Å²) in [5, 5.41) is 0. The molecular weight excluding hydrogens is 289 g/mol. The molecule has 1 amide bonds. The third kappa shape index (κ3) is 4.05. The molecular formula is C16H26FNO4. The van der Waals surface area contributed by atoms with Crippen LogP contribution >= 0.6 is 0 Å². The van der Waals surface area contributed by atoms with Gasteiger partial charge in [-0.3, -0.25) is 9.59 Å². The largest absolute Gasteiger partial charge is 0.444 e. The van der Waals surface area contributed by atoms with E-state index >= 15 is 0 Å². The van der Waals surface area contributed by atoms with Gasteiger partial charge in [-0.05, 0) is 47.5 Å². The molecule has 1 aliphatic rings. The zero-order chi connectivity index (χ0) is 17.1. The fourth-order valence-corrected chi connectivity index (χ4v) is 2.86. The van der Waals surface area contributed by atoms with Crippen molar-refractivity contribution >= 4 is 17.7 Å². The van der Waals surface area contributed by atoms with Gasteiger partial charge in [-0.25, -0.2) is 9.18 Å². The van der Waals surface area contributed by atoms with E-state index in [1.165, 1.54) is 11.8 Å². The maximum Gasteiger partial charge on any atom is 0.410 e. The van der Waals surface area contributed by atoms with Crippen LogP contribution in [0.25, 0.3) is 0 Å². The highest BCUT2D eigenvalue weighted by Crippen LogP contribution is 2.39. The van der Waals surface area contributed by atoms with Gasteiger partial charge in [0.1, 0.15) is 18.1 Å². The lowest BCUT2D eigenvalue weighted by atomic mass is 9.70. The number of hydrogen-bond donors (Lipinski definition) is 0. The van der Waals surface area contributed by atoms with E-state index in [9.17, 15) is 18.8 Å². The standard InChI is InChI=1S/C16H26FNO4/c1-11(19)9-13(20)16(10-17)7-6-8-18(12(16)2)14(21)22-15(3,4)5/h12H,6-10H2,1-5H3. The monoisotopic (exact) mass is 315 g/mol. The quantitative estimate of drug-likeness (QED) is 0.748. The van der Waals surface area contributed by atoms with Crippen molar-refractivity contribution in [1.29, 1.82) is 0 Å². The third-order valence-electron chi connectivity index (χ3n) is 4.12. The number of alkyl halides is 1. The van der Waals surface area contributed by atoms with Gasteiger partial charge in [0.2, 0.25) is 0 Å². The fraction of sp³-hybridized carbons (Fsp3) is 0.812. The molecule has 0 saturated carbocycles. The van der Waals surface area contributed by atoms with E-state index in [4.69, 9.17) is 4.74 Å². The van der Waals surface area contributed by atoms with E-state index in [1.807, 2.05) is 0 Å². The third-order valence-corrected chi connectivity index (χ3v) is 4.12. The molecule has 22 heavy (non-hydrogen) atoms. The molecule has 0 aromatic rings. The summed E-state index contributed by atoms with van der Waals surface area (Å²) in [7, 11) is 0. The lowest BCUT2D eigenvalue weighted by Crippen LogP contribution is -2.58. The Morgan fingerprint density at radius 3 is 2.36 bits per heavy atom. The Balaban J connectivity index is 3.00. The molecule has 1 heterocycles. The summed E-state index contributed by atoms with van der Waals surface area (Å²) in [5.74, 6) is -0.720. The molecule has 1 fully saturated rings. The summed E-state index contributed by atoms with van der Waals surface area (Å²) < 4.78 is 19.1. The number of hydrogen-bond acceptors (Lipinski definition) is 4. The Morgan fingerprint density at radius 2 is 1.91 bits per heavy atom. The van der Waals surface area contributed by atoms with Crippen LogP contribution in [0.2, 0.25) is 0 Å². The second kappa shape index (κ2) is 6.75. The second-order valence-electron chi connectivity index (χ2n) is 7.05. The molecule has 0 N–H and O–H groups in total. The minimum atomic E-state index is -1.30. The number of amides is 1. The van der Waals surface area contributed by atoms with Crippen LogP contribution in [0, 0.1) is 5.41 Å². The molecule has 0 spiro atoms. The average Bonchev–Trinajstić information content (AvgIpc) is 2.36. The molecule has 126 valence electrons. The Labute approximate surface area is 131 Å². The van der Waals surface area contributed by atoms with Crippen molar-refractivity contribution in [2.24, 2.45) is 5.41 Å². The number of ketones is 2. The highest BCUT2D eigenvalue weighted by atomic mass is 19.1. The van der Waals surface area contributed by atoms with Gasteiger partial charge in [0.05, 0.1) is 11.8 Å². The molecule has 6 heteroatoms. The minimum Gasteiger partial charge on any atom is -0.444 e. The zero-order valence-electron chi connectivity index (χ0n) is 14.1. The van der Waals surface area contributed by atoms with Crippen LogP contribution in [0.3, 0.4) is 0 Å². The predicted molar refractivity (Wildman–Crippen MR) is 80.3 cm³/mol. The topological polar surface area (TPSA) is 63.7 Å².